The molecule has 8 nitrogen and oxygen atoms in total. The number of hydrogen-bond acceptors (Lipinski definition) is 6. The number of carbonyl (C=O) groups excluding carboxylic acids is 1. The maximum absolute atomic E-state index is 11.8. The molecule has 0 saturated carbocycles. The Morgan fingerprint density at radius 2 is 1.64 bits per heavy atom. The Morgan fingerprint density at radius 3 is 2.25 bits per heavy atom. The van der Waals surface area contributed by atoms with Crippen molar-refractivity contribution in [3.63, 3.8) is 0 Å². The Labute approximate surface area is 205 Å². The predicted molar refractivity (Wildman–Crippen MR) is 135 cm³/mol. The summed E-state index contributed by atoms with van der Waals surface area (Å²) in [6, 6.07) is 1.91. The number of carboxylic acid groups (broad SMARTS) is 1. The van der Waals surface area contributed by atoms with E-state index in [0.717, 1.165) is 55.7 Å². The highest BCUT2D eigenvalue weighted by molar-refractivity contribution is 14.1. The van der Waals surface area contributed by atoms with E-state index in [0.29, 0.717) is 18.7 Å². The fourth-order valence-corrected chi connectivity index (χ4v) is 7.55. The van der Waals surface area contributed by atoms with Gasteiger partial charge in [0.15, 0.2) is 0 Å². The summed E-state index contributed by atoms with van der Waals surface area (Å²) in [6.45, 7) is 6.33. The van der Waals surface area contributed by atoms with E-state index in [9.17, 15) is 14.7 Å². The van der Waals surface area contributed by atoms with Crippen LogP contribution in [0.25, 0.3) is 0 Å². The van der Waals surface area contributed by atoms with Gasteiger partial charge in [0.05, 0.1) is 21.4 Å². The zero-order chi connectivity index (χ0) is 20.7. The number of halogens is 3. The highest BCUT2D eigenvalue weighted by Crippen LogP contribution is 2.34. The van der Waals surface area contributed by atoms with Gasteiger partial charge < -0.3 is 26.4 Å². The maximum Gasteiger partial charge on any atom is 0.337 e. The number of amides is 1. The maximum atomic E-state index is 11.8. The summed E-state index contributed by atoms with van der Waals surface area (Å²) >= 11 is 6.49. The van der Waals surface area contributed by atoms with Crippen molar-refractivity contribution >= 4 is 85.3 Å². The normalized spacial score (nSPS) is 17.6. The number of rotatable bonds is 4. The van der Waals surface area contributed by atoms with Crippen molar-refractivity contribution in [1.82, 2.24) is 15.5 Å². The van der Waals surface area contributed by atoms with Crippen LogP contribution in [0, 0.1) is 10.7 Å². The molecule has 1 fully saturated rings. The van der Waals surface area contributed by atoms with Crippen molar-refractivity contribution < 1.29 is 14.7 Å². The number of nitrogens with zero attached hydrogens (tertiary/aromatic N) is 2. The van der Waals surface area contributed by atoms with Crippen molar-refractivity contribution in [3.8, 4) is 0 Å². The van der Waals surface area contributed by atoms with Gasteiger partial charge in [0, 0.05) is 59.5 Å². The first kappa shape index (κ1) is 24.3. The van der Waals surface area contributed by atoms with Crippen LogP contribution in [0.2, 0.25) is 0 Å². The molecule has 5 N–H and O–H groups in total. The quantitative estimate of drug-likeness (QED) is 0.343. The highest BCUT2D eigenvalue weighted by Gasteiger charge is 2.23. The van der Waals surface area contributed by atoms with Crippen LogP contribution in [-0.2, 0) is 4.79 Å². The fraction of sp³-hybridized carbons (Fsp3) is 0.529. The summed E-state index contributed by atoms with van der Waals surface area (Å²) < 4.78 is 2.50. The van der Waals surface area contributed by atoms with Gasteiger partial charge in [-0.3, -0.25) is 9.69 Å². The van der Waals surface area contributed by atoms with E-state index in [-0.39, 0.29) is 12.5 Å². The van der Waals surface area contributed by atoms with Crippen molar-refractivity contribution in [3.05, 3.63) is 22.3 Å². The number of carbonyl (C=O) groups is 2. The summed E-state index contributed by atoms with van der Waals surface area (Å²) in [4.78, 5) is 27.4. The second-order valence-corrected chi connectivity index (χ2v) is 9.82. The Kier molecular flexibility index (Phi) is 10.4. The minimum atomic E-state index is -0.916. The lowest BCUT2D eigenvalue weighted by Gasteiger charge is -2.31. The summed E-state index contributed by atoms with van der Waals surface area (Å²) in [5.74, 6) is -1.26. The Hall–Kier alpha value is 0.0300. The molecule has 1 aliphatic heterocycles. The lowest BCUT2D eigenvalue weighted by molar-refractivity contribution is -0.119. The predicted octanol–water partition coefficient (Wildman–Crippen LogP) is 0.985. The number of carboxylic acids is 1. The number of nitrogens with two attached hydrogens (primary N) is 1. The Bertz CT molecular complexity index is 720. The number of aromatic carboxylic acids is 1. The topological polar surface area (TPSA) is 111 Å². The van der Waals surface area contributed by atoms with Gasteiger partial charge in [0.25, 0.3) is 0 Å². The molecular weight excluding hydrogens is 703 g/mol. The van der Waals surface area contributed by atoms with E-state index in [1.807, 2.05) is 11.0 Å². The molecule has 0 aliphatic carbocycles. The van der Waals surface area contributed by atoms with Gasteiger partial charge in [0.1, 0.15) is 0 Å². The first-order chi connectivity index (χ1) is 13.3. The number of benzene rings is 1. The van der Waals surface area contributed by atoms with Gasteiger partial charge in [-0.2, -0.15) is 0 Å². The van der Waals surface area contributed by atoms with E-state index >= 15 is 0 Å². The van der Waals surface area contributed by atoms with E-state index < -0.39 is 5.97 Å². The number of anilines is 1. The minimum absolute atomic E-state index is 0.217. The molecule has 11 heteroatoms. The minimum Gasteiger partial charge on any atom is -0.478 e. The van der Waals surface area contributed by atoms with Crippen molar-refractivity contribution in [2.75, 3.05) is 63.8 Å². The molecule has 1 saturated heterocycles. The average molecular weight is 727 g/mol. The number of hydrogen-bond donors (Lipinski definition) is 4. The monoisotopic (exact) mass is 727 g/mol. The summed E-state index contributed by atoms with van der Waals surface area (Å²) in [6.07, 6.45) is 0. The van der Waals surface area contributed by atoms with Gasteiger partial charge in [0.2, 0.25) is 5.91 Å². The molecule has 0 atom stereocenters. The van der Waals surface area contributed by atoms with Crippen molar-refractivity contribution in [2.24, 2.45) is 5.73 Å². The van der Waals surface area contributed by atoms with Crippen LogP contribution >= 0.6 is 67.8 Å². The number of primary amides is 1. The third-order valence-corrected chi connectivity index (χ3v) is 7.11. The third kappa shape index (κ3) is 7.07. The second kappa shape index (κ2) is 12.0. The van der Waals surface area contributed by atoms with Crippen LogP contribution in [0.15, 0.2) is 6.07 Å². The zero-order valence-corrected chi connectivity index (χ0v) is 21.8. The molecule has 1 aromatic carbocycles. The molecule has 1 amide bonds. The first-order valence-electron chi connectivity index (χ1n) is 8.89. The molecule has 0 bridgehead atoms. The van der Waals surface area contributed by atoms with Gasteiger partial charge in [-0.25, -0.2) is 4.79 Å². The standard InChI is InChI=1S/C17H24I3N5O3/c18-11-9-12(19)16(15(20)14(11)17(27)28)25-6-4-23-2-1-22-3-5-24(7-8-25)10-13(21)26/h9,22-23H,1-8,10H2,(H2,21,26)(H,27,28). The third-order valence-electron chi connectivity index (χ3n) is 4.38. The Morgan fingerprint density at radius 1 is 1.00 bits per heavy atom. The summed E-state index contributed by atoms with van der Waals surface area (Å²) in [5.41, 5.74) is 6.69. The van der Waals surface area contributed by atoms with Crippen LogP contribution in [-0.4, -0.2) is 80.8 Å². The van der Waals surface area contributed by atoms with E-state index in [1.54, 1.807) is 0 Å². The second-order valence-electron chi connectivity index (χ2n) is 6.41. The van der Waals surface area contributed by atoms with Crippen LogP contribution in [0.4, 0.5) is 5.69 Å². The molecule has 0 radical (unpaired) electrons. The van der Waals surface area contributed by atoms with Gasteiger partial charge in [-0.05, 0) is 73.8 Å². The largest absolute Gasteiger partial charge is 0.478 e. The van der Waals surface area contributed by atoms with E-state index in [1.165, 1.54) is 0 Å². The zero-order valence-electron chi connectivity index (χ0n) is 15.3. The summed E-state index contributed by atoms with van der Waals surface area (Å²) in [5, 5.41) is 16.4. The van der Waals surface area contributed by atoms with Crippen molar-refractivity contribution in [1.29, 1.82) is 0 Å². The van der Waals surface area contributed by atoms with Crippen LogP contribution in [0.1, 0.15) is 10.4 Å². The number of nitrogens with one attached hydrogen (secondary N) is 2. The average Bonchev–Trinajstić information content (AvgIpc) is 2.57. The molecule has 28 heavy (non-hydrogen) atoms. The molecule has 0 unspecified atom stereocenters. The molecule has 1 heterocycles. The molecule has 1 aliphatic rings. The van der Waals surface area contributed by atoms with Gasteiger partial charge in [-0.1, -0.05) is 0 Å². The van der Waals surface area contributed by atoms with Crippen molar-refractivity contribution in [2.45, 2.75) is 0 Å². The van der Waals surface area contributed by atoms with Crippen LogP contribution in [0.5, 0.6) is 0 Å². The molecule has 1 aromatic rings. The van der Waals surface area contributed by atoms with Crippen LogP contribution < -0.4 is 21.3 Å². The first-order valence-corrected chi connectivity index (χ1v) is 12.1. The van der Waals surface area contributed by atoms with E-state index in [2.05, 4.69) is 83.3 Å². The highest BCUT2D eigenvalue weighted by atomic mass is 127. The molecule has 156 valence electrons. The Balaban J connectivity index is 2.32. The SMILES string of the molecule is NC(=O)CN1CCNCCNCCN(c2c(I)cc(I)c(C(=O)O)c2I)CC1. The molecule has 2 rings (SSSR count). The van der Waals surface area contributed by atoms with Crippen LogP contribution in [0.3, 0.4) is 0 Å². The lowest BCUT2D eigenvalue weighted by atomic mass is 10.2. The lowest BCUT2D eigenvalue weighted by Crippen LogP contribution is -2.46. The van der Waals surface area contributed by atoms with E-state index in [4.69, 9.17) is 5.73 Å². The fourth-order valence-electron chi connectivity index (χ4n) is 3.03. The molecular formula is C17H24I3N5O3. The summed E-state index contributed by atoms with van der Waals surface area (Å²) in [7, 11) is 0. The molecule has 0 spiro atoms. The molecule has 0 aromatic heterocycles. The van der Waals surface area contributed by atoms with Gasteiger partial charge >= 0.3 is 5.97 Å². The smallest absolute Gasteiger partial charge is 0.337 e. The van der Waals surface area contributed by atoms with Gasteiger partial charge in [-0.15, -0.1) is 0 Å².